The van der Waals surface area contributed by atoms with Gasteiger partial charge in [-0.3, -0.25) is 14.2 Å². The summed E-state index contributed by atoms with van der Waals surface area (Å²) in [6.45, 7) is 4.48. The van der Waals surface area contributed by atoms with Gasteiger partial charge in [-0.25, -0.2) is 0 Å². The Kier molecular flexibility index (Phi) is 7.25. The predicted octanol–water partition coefficient (Wildman–Crippen LogP) is 3.66. The largest absolute Gasteiger partial charge is 0.496 e. The van der Waals surface area contributed by atoms with Crippen LogP contribution in [0.3, 0.4) is 0 Å². The van der Waals surface area contributed by atoms with Crippen molar-refractivity contribution in [3.05, 3.63) is 71.5 Å². The van der Waals surface area contributed by atoms with Gasteiger partial charge in [0.05, 0.1) is 32.3 Å². The molecule has 8 heteroatoms. The predicted molar refractivity (Wildman–Crippen MR) is 121 cm³/mol. The number of benzene rings is 2. The zero-order chi connectivity index (χ0) is 22.4. The first-order valence-electron chi connectivity index (χ1n) is 9.79. The molecule has 0 aliphatic rings. The quantitative estimate of drug-likeness (QED) is 0.493. The minimum Gasteiger partial charge on any atom is -0.496 e. The summed E-state index contributed by atoms with van der Waals surface area (Å²) in [6.07, 6.45) is 3.59. The number of nitrogens with zero attached hydrogens (tertiary/aromatic N) is 2. The van der Waals surface area contributed by atoms with Gasteiger partial charge in [0.15, 0.2) is 0 Å². The number of carbonyl (C=O) groups is 1. The van der Waals surface area contributed by atoms with Crippen LogP contribution in [0.15, 0.2) is 59.8 Å². The van der Waals surface area contributed by atoms with Gasteiger partial charge in [-0.05, 0) is 47.8 Å². The number of hydrogen-bond acceptors (Lipinski definition) is 6. The SMILES string of the molecule is COc1cc(C(=O)NSc2cc(C(C)(C)CO)ccc2OC)ccc1Cn1cccn1. The van der Waals surface area contributed by atoms with E-state index in [2.05, 4.69) is 9.82 Å². The molecule has 0 unspecified atom stereocenters. The van der Waals surface area contributed by atoms with E-state index in [4.69, 9.17) is 9.47 Å². The summed E-state index contributed by atoms with van der Waals surface area (Å²) in [5, 5.41) is 13.9. The Bertz CT molecular complexity index is 1040. The van der Waals surface area contributed by atoms with E-state index < -0.39 is 5.41 Å². The van der Waals surface area contributed by atoms with Crippen molar-refractivity contribution in [3.8, 4) is 11.5 Å². The fourth-order valence-corrected chi connectivity index (χ4v) is 3.77. The molecule has 7 nitrogen and oxygen atoms in total. The molecule has 3 rings (SSSR count). The molecule has 0 radical (unpaired) electrons. The number of rotatable bonds is 9. The molecule has 0 fully saturated rings. The van der Waals surface area contributed by atoms with E-state index in [1.807, 2.05) is 50.4 Å². The van der Waals surface area contributed by atoms with Gasteiger partial charge in [0.25, 0.3) is 5.91 Å². The standard InChI is InChI=1S/C23H27N3O4S/c1-23(2,15-27)18-8-9-19(29-3)21(13-18)31-25-22(28)16-6-7-17(20(12-16)30-4)14-26-11-5-10-24-26/h5-13,27H,14-15H2,1-4H3,(H,25,28). The summed E-state index contributed by atoms with van der Waals surface area (Å²) in [4.78, 5) is 13.5. The van der Waals surface area contributed by atoms with E-state index in [9.17, 15) is 9.90 Å². The van der Waals surface area contributed by atoms with Crippen LogP contribution < -0.4 is 14.2 Å². The molecule has 164 valence electrons. The number of aliphatic hydroxyl groups is 1. The third-order valence-electron chi connectivity index (χ3n) is 5.03. The molecular weight excluding hydrogens is 414 g/mol. The molecule has 1 aromatic heterocycles. The number of amides is 1. The van der Waals surface area contributed by atoms with Crippen LogP contribution in [0.5, 0.6) is 11.5 Å². The maximum atomic E-state index is 12.8. The maximum absolute atomic E-state index is 12.8. The Morgan fingerprint density at radius 1 is 1.16 bits per heavy atom. The van der Waals surface area contributed by atoms with Gasteiger partial charge in [-0.2, -0.15) is 5.10 Å². The lowest BCUT2D eigenvalue weighted by molar-refractivity contribution is 0.0984. The molecule has 1 amide bonds. The monoisotopic (exact) mass is 441 g/mol. The average Bonchev–Trinajstić information content (AvgIpc) is 3.30. The zero-order valence-corrected chi connectivity index (χ0v) is 18.9. The van der Waals surface area contributed by atoms with Crippen LogP contribution >= 0.6 is 11.9 Å². The second kappa shape index (κ2) is 9.89. The highest BCUT2D eigenvalue weighted by Crippen LogP contribution is 2.33. The number of methoxy groups -OCH3 is 2. The Labute approximate surface area is 186 Å². The lowest BCUT2D eigenvalue weighted by atomic mass is 9.86. The lowest BCUT2D eigenvalue weighted by Gasteiger charge is -2.23. The highest BCUT2D eigenvalue weighted by atomic mass is 32.2. The highest BCUT2D eigenvalue weighted by molar-refractivity contribution is 7.98. The van der Waals surface area contributed by atoms with E-state index in [1.54, 1.807) is 37.2 Å². The first kappa shape index (κ1) is 22.7. The Morgan fingerprint density at radius 2 is 1.94 bits per heavy atom. The van der Waals surface area contributed by atoms with Gasteiger partial charge in [0.1, 0.15) is 11.5 Å². The molecule has 2 N–H and O–H groups in total. The van der Waals surface area contributed by atoms with E-state index in [-0.39, 0.29) is 12.5 Å². The average molecular weight is 442 g/mol. The van der Waals surface area contributed by atoms with Gasteiger partial charge in [-0.1, -0.05) is 26.0 Å². The topological polar surface area (TPSA) is 85.6 Å². The van der Waals surface area contributed by atoms with Crippen LogP contribution in [-0.4, -0.2) is 41.6 Å². The zero-order valence-electron chi connectivity index (χ0n) is 18.1. The summed E-state index contributed by atoms with van der Waals surface area (Å²) in [7, 11) is 3.17. The van der Waals surface area contributed by atoms with Gasteiger partial charge < -0.3 is 14.6 Å². The summed E-state index contributed by atoms with van der Waals surface area (Å²) in [6, 6.07) is 12.9. The van der Waals surface area contributed by atoms with Crippen LogP contribution in [0.25, 0.3) is 0 Å². The molecule has 0 saturated heterocycles. The maximum Gasteiger partial charge on any atom is 0.261 e. The van der Waals surface area contributed by atoms with Gasteiger partial charge in [-0.15, -0.1) is 0 Å². The van der Waals surface area contributed by atoms with Crippen LogP contribution in [0.1, 0.15) is 35.3 Å². The molecule has 0 atom stereocenters. The van der Waals surface area contributed by atoms with E-state index >= 15 is 0 Å². The number of hydrogen-bond donors (Lipinski definition) is 2. The van der Waals surface area contributed by atoms with E-state index in [0.29, 0.717) is 23.6 Å². The second-order valence-electron chi connectivity index (χ2n) is 7.67. The third-order valence-corrected chi connectivity index (χ3v) is 5.86. The van der Waals surface area contributed by atoms with Gasteiger partial charge in [0.2, 0.25) is 0 Å². The number of carbonyl (C=O) groups excluding carboxylic acids is 1. The summed E-state index contributed by atoms with van der Waals surface area (Å²) >= 11 is 1.18. The summed E-state index contributed by atoms with van der Waals surface area (Å²) in [5.41, 5.74) is 1.97. The van der Waals surface area contributed by atoms with Gasteiger partial charge >= 0.3 is 0 Å². The number of ether oxygens (including phenoxy) is 2. The van der Waals surface area contributed by atoms with Crippen LogP contribution in [0.2, 0.25) is 0 Å². The van der Waals surface area contributed by atoms with Gasteiger partial charge in [0, 0.05) is 28.9 Å². The first-order chi connectivity index (χ1) is 14.9. The van der Waals surface area contributed by atoms with Crippen molar-refractivity contribution in [2.24, 2.45) is 0 Å². The smallest absolute Gasteiger partial charge is 0.261 e. The summed E-state index contributed by atoms with van der Waals surface area (Å²) < 4.78 is 15.6. The van der Waals surface area contributed by atoms with Crippen molar-refractivity contribution in [2.45, 2.75) is 30.7 Å². The molecule has 0 saturated carbocycles. The number of aliphatic hydroxyl groups excluding tert-OH is 1. The number of nitrogens with one attached hydrogen (secondary N) is 1. The molecule has 31 heavy (non-hydrogen) atoms. The van der Waals surface area contributed by atoms with Crippen molar-refractivity contribution in [2.75, 3.05) is 20.8 Å². The van der Waals surface area contributed by atoms with Crippen molar-refractivity contribution in [1.29, 1.82) is 0 Å². The fourth-order valence-electron chi connectivity index (χ4n) is 3.01. The molecule has 0 aliphatic carbocycles. The molecule has 3 aromatic rings. The highest BCUT2D eigenvalue weighted by Gasteiger charge is 2.21. The molecule has 0 bridgehead atoms. The number of aromatic nitrogens is 2. The Hall–Kier alpha value is -2.97. The molecular formula is C23H27N3O4S. The minimum atomic E-state index is -0.399. The van der Waals surface area contributed by atoms with Crippen molar-refractivity contribution in [3.63, 3.8) is 0 Å². The molecule has 1 heterocycles. The fraction of sp³-hybridized carbons (Fsp3) is 0.304. The minimum absolute atomic E-state index is 0.0144. The van der Waals surface area contributed by atoms with Crippen molar-refractivity contribution >= 4 is 17.9 Å². The van der Waals surface area contributed by atoms with Crippen LogP contribution in [0, 0.1) is 0 Å². The Balaban J connectivity index is 1.75. The van der Waals surface area contributed by atoms with Crippen LogP contribution in [0.4, 0.5) is 0 Å². The molecule has 0 aliphatic heterocycles. The van der Waals surface area contributed by atoms with E-state index in [0.717, 1.165) is 16.0 Å². The van der Waals surface area contributed by atoms with Crippen LogP contribution in [-0.2, 0) is 12.0 Å². The molecule has 2 aromatic carbocycles. The lowest BCUT2D eigenvalue weighted by Crippen LogP contribution is -2.22. The van der Waals surface area contributed by atoms with E-state index in [1.165, 1.54) is 11.9 Å². The Morgan fingerprint density at radius 3 is 2.58 bits per heavy atom. The molecule has 0 spiro atoms. The second-order valence-corrected chi connectivity index (χ2v) is 8.52. The first-order valence-corrected chi connectivity index (χ1v) is 10.6. The normalized spacial score (nSPS) is 11.3. The third kappa shape index (κ3) is 5.39. The van der Waals surface area contributed by atoms with Crippen molar-refractivity contribution in [1.82, 2.24) is 14.5 Å². The summed E-state index contributed by atoms with van der Waals surface area (Å²) in [5.74, 6) is 1.02. The van der Waals surface area contributed by atoms with Crippen molar-refractivity contribution < 1.29 is 19.4 Å².